The predicted molar refractivity (Wildman–Crippen MR) is 463 cm³/mol. The van der Waals surface area contributed by atoms with E-state index in [4.69, 9.17) is 59.9 Å². The Morgan fingerprint density at radius 1 is 0.734 bits per heavy atom. The molecule has 6 aromatic rings. The van der Waals surface area contributed by atoms with Crippen LogP contribution < -0.4 is 22.1 Å². The normalized spacial score (nSPS) is 29.0. The Labute approximate surface area is 724 Å². The lowest BCUT2D eigenvalue weighted by Crippen LogP contribution is -2.61. The van der Waals surface area contributed by atoms with Crippen LogP contribution in [0.25, 0.3) is 33.4 Å². The third-order valence-corrected chi connectivity index (χ3v) is 26.1. The Morgan fingerprint density at radius 3 is 2.27 bits per heavy atom. The highest BCUT2D eigenvalue weighted by Crippen LogP contribution is 2.40. The molecule has 1 saturated carbocycles. The first-order valence-electron chi connectivity index (χ1n) is 44.0. The van der Waals surface area contributed by atoms with E-state index >= 15 is 0 Å². The van der Waals surface area contributed by atoms with Gasteiger partial charge in [-0.25, -0.2) is 34.2 Å². The van der Waals surface area contributed by atoms with Crippen molar-refractivity contribution in [3.8, 4) is 11.3 Å². The molecule has 0 radical (unpaired) electrons. The number of fused-ring (bicyclic) bond motifs is 6. The highest BCUT2D eigenvalue weighted by Gasteiger charge is 2.53. The number of nitrogens with zero attached hydrogens (tertiary/aromatic N) is 13. The van der Waals surface area contributed by atoms with Crippen LogP contribution in [0.15, 0.2) is 107 Å². The fourth-order valence-corrected chi connectivity index (χ4v) is 18.6. The van der Waals surface area contributed by atoms with Crippen molar-refractivity contribution in [2.24, 2.45) is 35.3 Å². The molecular formula is C91H124N16O17. The van der Waals surface area contributed by atoms with Gasteiger partial charge >= 0.3 is 12.1 Å². The number of ether oxygens (including phenoxy) is 7. The molecule has 4 amide bonds. The SMILES string of the molecule is CO[C@H]1C[C@@H]2CC[C@@H](C)[C@@](O)(O2)C(=O)C(=O)N2CCCC[C@H]2C(=O)O[C@H]([C@H](N)C[C@@H]2CC[C@@H](OC(=O)N3CCN(C(=O)CCOCCN4CCN(c5ncc(C(=O)N6CCc7cc(Cn8nc(-c9ccc%10oc(N)nc%10c9)c9c(N)ncnc98)ccc7C6)cn5)CC4)CC3)[C@H](OC)C2)CC[C@H](C)/C=C(\C)[C@@H](O)[C@@H](OC)C(=O)[C@H](C)C[C@H](C)/C=C/C=C/C=C/1C. The van der Waals surface area contributed by atoms with Crippen LogP contribution in [0, 0.1) is 29.6 Å². The Balaban J connectivity index is 0.541. The van der Waals surface area contributed by atoms with E-state index in [1.807, 2.05) is 91.9 Å². The Kier molecular flexibility index (Phi) is 31.0. The van der Waals surface area contributed by atoms with Gasteiger partial charge in [0.2, 0.25) is 17.6 Å². The number of carbonyl (C=O) groups is 7. The van der Waals surface area contributed by atoms with Gasteiger partial charge in [-0.15, -0.1) is 0 Å². The molecule has 10 heterocycles. The minimum atomic E-state index is -2.46. The van der Waals surface area contributed by atoms with Gasteiger partial charge in [0, 0.05) is 142 Å². The highest BCUT2D eigenvalue weighted by atomic mass is 16.6. The number of Topliss-reactive ketones (excluding diaryl/α,β-unsaturated/α-hetero) is 2. The van der Waals surface area contributed by atoms with Crippen LogP contribution in [0.2, 0.25) is 0 Å². The molecule has 7 aliphatic rings. The van der Waals surface area contributed by atoms with Gasteiger partial charge in [-0.1, -0.05) is 82.4 Å². The van der Waals surface area contributed by atoms with Crippen LogP contribution >= 0.6 is 0 Å². The van der Waals surface area contributed by atoms with Gasteiger partial charge in [0.1, 0.15) is 53.8 Å². The van der Waals surface area contributed by atoms with E-state index in [1.54, 1.807) is 56.3 Å². The number of piperazine rings is 2. The molecule has 124 heavy (non-hydrogen) atoms. The summed E-state index contributed by atoms with van der Waals surface area (Å²) < 4.78 is 49.8. The van der Waals surface area contributed by atoms with Crippen LogP contribution in [0.3, 0.4) is 0 Å². The minimum Gasteiger partial charge on any atom is -0.459 e. The van der Waals surface area contributed by atoms with Gasteiger partial charge in [0.15, 0.2) is 17.0 Å². The van der Waals surface area contributed by atoms with Crippen molar-refractivity contribution in [1.29, 1.82) is 0 Å². The molecule has 2 bridgehead atoms. The number of hydrogen-bond acceptors (Lipinski definition) is 28. The molecule has 13 rings (SSSR count). The molecule has 2 aromatic carbocycles. The number of anilines is 3. The Morgan fingerprint density at radius 2 is 1.51 bits per heavy atom. The first-order valence-corrected chi connectivity index (χ1v) is 44.0. The smallest absolute Gasteiger partial charge is 0.410 e. The summed E-state index contributed by atoms with van der Waals surface area (Å²) in [4.78, 5) is 132. The van der Waals surface area contributed by atoms with E-state index in [0.717, 1.165) is 40.9 Å². The molecule has 1 aliphatic carbocycles. The molecule has 33 nitrogen and oxygen atoms in total. The number of rotatable bonds is 18. The number of benzene rings is 2. The number of ketones is 2. The molecule has 8 N–H and O–H groups in total. The summed E-state index contributed by atoms with van der Waals surface area (Å²) in [6, 6.07) is 10.0. The molecule has 15 atom stereocenters. The molecule has 0 spiro atoms. The number of piperidine rings is 1. The van der Waals surface area contributed by atoms with Crippen molar-refractivity contribution in [2.75, 3.05) is 123 Å². The van der Waals surface area contributed by atoms with E-state index in [1.165, 1.54) is 18.3 Å². The number of nitrogen functional groups attached to an aromatic ring is 2. The zero-order valence-corrected chi connectivity index (χ0v) is 73.0. The fourth-order valence-electron chi connectivity index (χ4n) is 18.6. The summed E-state index contributed by atoms with van der Waals surface area (Å²) in [5.74, 6) is -6.30. The van der Waals surface area contributed by atoms with E-state index in [0.29, 0.717) is 200 Å². The first kappa shape index (κ1) is 91.7. The second kappa shape index (κ2) is 41.9. The molecule has 670 valence electrons. The molecule has 0 unspecified atom stereocenters. The Bertz CT molecular complexity index is 4860. The van der Waals surface area contributed by atoms with E-state index in [2.05, 4.69) is 46.9 Å². The summed E-state index contributed by atoms with van der Waals surface area (Å²) in [7, 11) is 4.58. The van der Waals surface area contributed by atoms with E-state index in [-0.39, 0.29) is 73.8 Å². The van der Waals surface area contributed by atoms with Gasteiger partial charge in [-0.3, -0.25) is 28.9 Å². The number of esters is 1. The Hall–Kier alpha value is -9.97. The molecular weight excluding hydrogens is 1590 g/mol. The van der Waals surface area contributed by atoms with E-state index < -0.39 is 96.2 Å². The molecule has 4 aromatic heterocycles. The lowest BCUT2D eigenvalue weighted by Gasteiger charge is -2.42. The second-order valence-corrected chi connectivity index (χ2v) is 34.8. The number of aromatic nitrogens is 7. The zero-order valence-electron chi connectivity index (χ0n) is 73.0. The molecule has 5 fully saturated rings. The maximum absolute atomic E-state index is 14.8. The van der Waals surface area contributed by atoms with Crippen molar-refractivity contribution in [3.05, 3.63) is 125 Å². The largest absolute Gasteiger partial charge is 0.459 e. The number of aliphatic hydroxyl groups excluding tert-OH is 1. The topological polar surface area (TPSA) is 417 Å². The summed E-state index contributed by atoms with van der Waals surface area (Å²) in [5, 5.41) is 29.5. The van der Waals surface area contributed by atoms with Crippen molar-refractivity contribution in [3.63, 3.8) is 0 Å². The van der Waals surface area contributed by atoms with Crippen LogP contribution in [-0.4, -0.2) is 278 Å². The van der Waals surface area contributed by atoms with Gasteiger partial charge in [0.25, 0.3) is 23.6 Å². The van der Waals surface area contributed by atoms with Crippen molar-refractivity contribution < 1.29 is 81.4 Å². The second-order valence-electron chi connectivity index (χ2n) is 34.8. The van der Waals surface area contributed by atoms with E-state index in [9.17, 15) is 43.8 Å². The number of aliphatic hydroxyl groups is 2. The number of allylic oxidation sites excluding steroid dienone is 6. The summed E-state index contributed by atoms with van der Waals surface area (Å²) in [5.41, 5.74) is 27.7. The van der Waals surface area contributed by atoms with Crippen LogP contribution in [-0.2, 0) is 76.6 Å². The summed E-state index contributed by atoms with van der Waals surface area (Å²) >= 11 is 0. The van der Waals surface area contributed by atoms with Crippen LogP contribution in [0.1, 0.15) is 158 Å². The lowest BCUT2D eigenvalue weighted by molar-refractivity contribution is -0.265. The van der Waals surface area contributed by atoms with Crippen molar-refractivity contribution in [2.45, 2.75) is 212 Å². The number of carbonyl (C=O) groups excluding carboxylic acids is 7. The number of amides is 4. The zero-order chi connectivity index (χ0) is 88.0. The van der Waals surface area contributed by atoms with Crippen LogP contribution in [0.5, 0.6) is 0 Å². The van der Waals surface area contributed by atoms with Crippen molar-refractivity contribution >= 4 is 81.3 Å². The maximum atomic E-state index is 14.8. The van der Waals surface area contributed by atoms with Gasteiger partial charge in [-0.2, -0.15) is 10.1 Å². The lowest BCUT2D eigenvalue weighted by atomic mass is 9.80. The third-order valence-electron chi connectivity index (χ3n) is 26.1. The van der Waals surface area contributed by atoms with Crippen molar-refractivity contribution in [1.82, 2.24) is 59.2 Å². The number of nitrogens with two attached hydrogens (primary N) is 3. The summed E-state index contributed by atoms with van der Waals surface area (Å²) in [6.07, 6.45) is 16.9. The fraction of sp³-hybridized carbons (Fsp3) is 0.593. The quantitative estimate of drug-likeness (QED) is 0.0233. The average molecular weight is 1710 g/mol. The van der Waals surface area contributed by atoms with Gasteiger partial charge in [-0.05, 0) is 161 Å². The maximum Gasteiger partial charge on any atom is 0.410 e. The minimum absolute atomic E-state index is 0.0146. The molecule has 4 saturated heterocycles. The number of hydrogen-bond donors (Lipinski definition) is 5. The highest BCUT2D eigenvalue weighted by molar-refractivity contribution is 6.39. The average Bonchev–Trinajstić information content (AvgIpc) is 1.53. The predicted octanol–water partition coefficient (Wildman–Crippen LogP) is 8.36. The third kappa shape index (κ3) is 22.1. The van der Waals surface area contributed by atoms with Gasteiger partial charge < -0.3 is 89.5 Å². The monoisotopic (exact) mass is 1710 g/mol. The molecule has 6 aliphatic heterocycles. The number of cyclic esters (lactones) is 1. The first-order chi connectivity index (χ1) is 59.7. The standard InChI is InChI=1S/C91H124N16O17/c1-55-15-11-10-12-16-57(3)74(117-7)49-67-24-19-60(6)91(116,124-67)82(111)86(113)106-30-14-13-17-70(106)87(114)121-71(25-18-56(2)44-59(5)80(110)81(119-9)79(109)58(4)43-55)68(92)46-61-21-26-73(75(47-61)118-8)123-90(115)104-38-36-102(37-39-104)76(108)29-41-120-42-40-101-32-34-103(35-33-101)89-95-50-66(51-96-89)85(112)105-31-28-63-45-62(20-22-65(63)53-105)52-107-84-77(83(93)97-54-98-84)78(100-107)64-23-27-72-69(48-64)99-88(94)122-72/h10-12,15-16,20,22-23,27,44-45,48,50-51,54-56,58,60-61,67-68,70-71,73-75,80-81,110,116H,13-14,17-19,21,24-26,28-43,46-47,49,52-53,92H2,1-9H3,(H2,94,99)(H2,93,97,98)/b12-10+,15-11+,57-16+,59-44+/t55-,56+,58-,60-,61+,67+,68-,70+,71+,73-,74+,75-,80-,81+,91-/m1/s1. The summed E-state index contributed by atoms with van der Waals surface area (Å²) in [6.45, 7) is 18.2. The van der Waals surface area contributed by atoms with Gasteiger partial charge in [0.05, 0.1) is 55.4 Å². The van der Waals surface area contributed by atoms with Crippen LogP contribution in [0.4, 0.5) is 22.6 Å². The number of methoxy groups -OCH3 is 3. The number of oxazole rings is 1. The molecule has 33 heteroatoms.